The molecule has 0 unspecified atom stereocenters. The Morgan fingerprint density at radius 3 is 2.44 bits per heavy atom. The van der Waals surface area contributed by atoms with Crippen LogP contribution in [0, 0.1) is 0 Å². The van der Waals surface area contributed by atoms with Gasteiger partial charge in [-0.1, -0.05) is 37.3 Å². The monoisotopic (exact) mass is 489 g/mol. The van der Waals surface area contributed by atoms with E-state index in [1.165, 1.54) is 16.3 Å². The molecule has 1 atom stereocenters. The normalized spacial score (nSPS) is 12.3. The Hall–Kier alpha value is -2.91. The number of rotatable bonds is 13. The molecule has 0 bridgehead atoms. The van der Waals surface area contributed by atoms with Gasteiger partial charge in [-0.05, 0) is 49.6 Å². The molecule has 9 heteroatoms. The summed E-state index contributed by atoms with van der Waals surface area (Å²) in [5.74, 6) is 0.232. The van der Waals surface area contributed by atoms with Gasteiger partial charge in [0.05, 0.1) is 12.0 Å². The lowest BCUT2D eigenvalue weighted by atomic mass is 10.1. The van der Waals surface area contributed by atoms with Crippen LogP contribution in [0.4, 0.5) is 0 Å². The first-order valence-electron chi connectivity index (χ1n) is 11.4. The molecule has 0 radical (unpaired) electrons. The first kappa shape index (κ1) is 27.3. The van der Waals surface area contributed by atoms with Crippen molar-refractivity contribution in [2.45, 2.75) is 50.6 Å². The molecule has 0 spiro atoms. The molecule has 0 aromatic heterocycles. The summed E-state index contributed by atoms with van der Waals surface area (Å²) in [5, 5.41) is 2.84. The Labute approximate surface area is 202 Å². The van der Waals surface area contributed by atoms with Crippen LogP contribution in [0.25, 0.3) is 0 Å². The van der Waals surface area contributed by atoms with Crippen LogP contribution in [0.2, 0.25) is 0 Å². The fraction of sp³-hybridized carbons (Fsp3) is 0.440. The quantitative estimate of drug-likeness (QED) is 0.467. The zero-order chi connectivity index (χ0) is 25.1. The van der Waals surface area contributed by atoms with E-state index in [-0.39, 0.29) is 36.2 Å². The Balaban J connectivity index is 2.08. The van der Waals surface area contributed by atoms with E-state index in [9.17, 15) is 18.0 Å². The smallest absolute Gasteiger partial charge is 0.242 e. The van der Waals surface area contributed by atoms with Crippen molar-refractivity contribution in [2.75, 3.05) is 27.2 Å². The van der Waals surface area contributed by atoms with Crippen LogP contribution < -0.4 is 10.1 Å². The number of hydrogen-bond acceptors (Lipinski definition) is 5. The molecule has 1 N–H and O–H groups in total. The molecule has 0 aliphatic carbocycles. The van der Waals surface area contributed by atoms with Gasteiger partial charge in [0, 0.05) is 33.1 Å². The van der Waals surface area contributed by atoms with Crippen molar-refractivity contribution in [1.82, 2.24) is 14.5 Å². The molecule has 2 aromatic rings. The van der Waals surface area contributed by atoms with Crippen LogP contribution in [-0.2, 0) is 26.2 Å². The SMILES string of the molecule is CCCNC(=O)[C@@H](C)N(Cc1cccc(OC)c1)C(=O)CCCN(C)S(=O)(=O)c1ccccc1. The third-order valence-electron chi connectivity index (χ3n) is 5.52. The van der Waals surface area contributed by atoms with Gasteiger partial charge in [-0.2, -0.15) is 0 Å². The van der Waals surface area contributed by atoms with Crippen LogP contribution in [0.15, 0.2) is 59.5 Å². The predicted octanol–water partition coefficient (Wildman–Crippen LogP) is 3.04. The van der Waals surface area contributed by atoms with E-state index < -0.39 is 16.1 Å². The van der Waals surface area contributed by atoms with Crippen LogP contribution in [0.5, 0.6) is 5.75 Å². The highest BCUT2D eigenvalue weighted by atomic mass is 32.2. The number of nitrogens with zero attached hydrogens (tertiary/aromatic N) is 2. The molecule has 0 fully saturated rings. The number of carbonyl (C=O) groups excluding carboxylic acids is 2. The minimum atomic E-state index is -3.62. The molecule has 2 amide bonds. The summed E-state index contributed by atoms with van der Waals surface area (Å²) in [5.41, 5.74) is 0.839. The van der Waals surface area contributed by atoms with Crippen molar-refractivity contribution >= 4 is 21.8 Å². The van der Waals surface area contributed by atoms with Gasteiger partial charge in [0.15, 0.2) is 0 Å². The summed E-state index contributed by atoms with van der Waals surface area (Å²) in [7, 11) is -0.549. The number of carbonyl (C=O) groups is 2. The maximum absolute atomic E-state index is 13.2. The molecule has 0 heterocycles. The van der Waals surface area contributed by atoms with Crippen molar-refractivity contribution in [2.24, 2.45) is 0 Å². The van der Waals surface area contributed by atoms with Crippen LogP contribution in [0.3, 0.4) is 0 Å². The zero-order valence-electron chi connectivity index (χ0n) is 20.4. The lowest BCUT2D eigenvalue weighted by Crippen LogP contribution is -2.47. The van der Waals surface area contributed by atoms with Gasteiger partial charge >= 0.3 is 0 Å². The number of sulfonamides is 1. The topological polar surface area (TPSA) is 96.0 Å². The summed E-state index contributed by atoms with van der Waals surface area (Å²) >= 11 is 0. The van der Waals surface area contributed by atoms with Gasteiger partial charge in [-0.15, -0.1) is 0 Å². The third kappa shape index (κ3) is 7.56. The van der Waals surface area contributed by atoms with E-state index in [1.54, 1.807) is 44.4 Å². The Kier molecular flexibility index (Phi) is 10.5. The third-order valence-corrected chi connectivity index (χ3v) is 7.39. The van der Waals surface area contributed by atoms with E-state index in [4.69, 9.17) is 4.74 Å². The average Bonchev–Trinajstić information content (AvgIpc) is 2.85. The van der Waals surface area contributed by atoms with E-state index >= 15 is 0 Å². The van der Waals surface area contributed by atoms with E-state index in [0.717, 1.165) is 12.0 Å². The number of ether oxygens (including phenoxy) is 1. The van der Waals surface area contributed by atoms with Crippen LogP contribution in [-0.4, -0.2) is 62.7 Å². The second-order valence-electron chi connectivity index (χ2n) is 8.08. The highest BCUT2D eigenvalue weighted by molar-refractivity contribution is 7.89. The van der Waals surface area contributed by atoms with Crippen molar-refractivity contribution in [3.05, 3.63) is 60.2 Å². The van der Waals surface area contributed by atoms with Crippen molar-refractivity contribution < 1.29 is 22.7 Å². The predicted molar refractivity (Wildman–Crippen MR) is 132 cm³/mol. The second kappa shape index (κ2) is 13.1. The van der Waals surface area contributed by atoms with Gasteiger partial charge < -0.3 is 15.0 Å². The molecule has 0 aliphatic heterocycles. The second-order valence-corrected chi connectivity index (χ2v) is 10.1. The number of methoxy groups -OCH3 is 1. The van der Waals surface area contributed by atoms with Gasteiger partial charge in [0.25, 0.3) is 0 Å². The van der Waals surface area contributed by atoms with Crippen molar-refractivity contribution in [3.63, 3.8) is 0 Å². The minimum Gasteiger partial charge on any atom is -0.497 e. The van der Waals surface area contributed by atoms with Crippen molar-refractivity contribution in [1.29, 1.82) is 0 Å². The lowest BCUT2D eigenvalue weighted by molar-refractivity contribution is -0.140. The van der Waals surface area contributed by atoms with Crippen LogP contribution in [0.1, 0.15) is 38.7 Å². The largest absolute Gasteiger partial charge is 0.497 e. The first-order chi connectivity index (χ1) is 16.2. The summed E-state index contributed by atoms with van der Waals surface area (Å²) < 4.78 is 31.9. The molecular formula is C25H35N3O5S. The average molecular weight is 490 g/mol. The fourth-order valence-electron chi connectivity index (χ4n) is 3.44. The number of benzene rings is 2. The van der Waals surface area contributed by atoms with Crippen LogP contribution >= 0.6 is 0 Å². The maximum Gasteiger partial charge on any atom is 0.242 e. The molecule has 0 saturated heterocycles. The van der Waals surface area contributed by atoms with Crippen molar-refractivity contribution in [3.8, 4) is 5.75 Å². The standard InChI is InChI=1S/C25H35N3O5S/c1-5-16-26-25(30)20(2)28(19-21-11-9-12-22(18-21)33-4)24(29)15-10-17-27(3)34(31,32)23-13-7-6-8-14-23/h6-9,11-14,18,20H,5,10,15-17,19H2,1-4H3,(H,26,30)/t20-/m1/s1. The fourth-order valence-corrected chi connectivity index (χ4v) is 4.67. The first-order valence-corrected chi connectivity index (χ1v) is 12.9. The highest BCUT2D eigenvalue weighted by Gasteiger charge is 2.26. The lowest BCUT2D eigenvalue weighted by Gasteiger charge is -2.29. The maximum atomic E-state index is 13.2. The Bertz CT molecular complexity index is 1040. The highest BCUT2D eigenvalue weighted by Crippen LogP contribution is 2.18. The molecule has 2 aromatic carbocycles. The molecule has 8 nitrogen and oxygen atoms in total. The van der Waals surface area contributed by atoms with E-state index in [0.29, 0.717) is 18.7 Å². The summed E-state index contributed by atoms with van der Waals surface area (Å²) in [4.78, 5) is 27.5. The van der Waals surface area contributed by atoms with Gasteiger partial charge in [0.1, 0.15) is 11.8 Å². The molecule has 0 aliphatic rings. The number of hydrogen-bond donors (Lipinski definition) is 1. The molecular weight excluding hydrogens is 454 g/mol. The molecule has 2 rings (SSSR count). The number of amides is 2. The van der Waals surface area contributed by atoms with Gasteiger partial charge in [-0.25, -0.2) is 12.7 Å². The minimum absolute atomic E-state index is 0.115. The molecule has 34 heavy (non-hydrogen) atoms. The Morgan fingerprint density at radius 1 is 1.09 bits per heavy atom. The van der Waals surface area contributed by atoms with Gasteiger partial charge in [0.2, 0.25) is 21.8 Å². The molecule has 186 valence electrons. The van der Waals surface area contributed by atoms with Gasteiger partial charge in [-0.3, -0.25) is 9.59 Å². The van der Waals surface area contributed by atoms with E-state index in [1.807, 2.05) is 31.2 Å². The summed E-state index contributed by atoms with van der Waals surface area (Å²) in [6.07, 6.45) is 1.24. The summed E-state index contributed by atoms with van der Waals surface area (Å²) in [6.45, 7) is 4.63. The zero-order valence-corrected chi connectivity index (χ0v) is 21.2. The Morgan fingerprint density at radius 2 is 1.79 bits per heavy atom. The summed E-state index contributed by atoms with van der Waals surface area (Å²) in [6, 6.07) is 14.9. The number of nitrogens with one attached hydrogen (secondary N) is 1. The molecule has 0 saturated carbocycles. The van der Waals surface area contributed by atoms with E-state index in [2.05, 4.69) is 5.32 Å².